The fourth-order valence-electron chi connectivity index (χ4n) is 1.42. The van der Waals surface area contributed by atoms with Crippen molar-refractivity contribution in [1.29, 1.82) is 0 Å². The van der Waals surface area contributed by atoms with E-state index in [0.29, 0.717) is 0 Å². The fraction of sp³-hybridized carbons (Fsp3) is 0.400. The summed E-state index contributed by atoms with van der Waals surface area (Å²) >= 11 is 0. The third kappa shape index (κ3) is 2.70. The van der Waals surface area contributed by atoms with Crippen molar-refractivity contribution in [3.63, 3.8) is 0 Å². The summed E-state index contributed by atoms with van der Waals surface area (Å²) in [5.74, 6) is -1.32. The monoisotopic (exact) mass is 237 g/mol. The molecule has 0 unspecified atom stereocenters. The van der Waals surface area contributed by atoms with Gasteiger partial charge in [0.1, 0.15) is 5.82 Å². The summed E-state index contributed by atoms with van der Waals surface area (Å²) in [6.45, 7) is -0.105. The highest BCUT2D eigenvalue weighted by molar-refractivity contribution is 5.33. The van der Waals surface area contributed by atoms with Gasteiger partial charge in [0.25, 0.3) is 0 Å². The molecule has 0 fully saturated rings. The predicted molar refractivity (Wildman–Crippen MR) is 50.2 cm³/mol. The lowest BCUT2D eigenvalue weighted by atomic mass is 10.0. The molecule has 0 saturated carbocycles. The maximum atomic E-state index is 13.1. The van der Waals surface area contributed by atoms with Gasteiger partial charge in [-0.15, -0.1) is 0 Å². The van der Waals surface area contributed by atoms with Crippen molar-refractivity contribution in [3.8, 4) is 0 Å². The number of hydrogen-bond donors (Lipinski definition) is 1. The van der Waals surface area contributed by atoms with Crippen molar-refractivity contribution >= 4 is 0 Å². The summed E-state index contributed by atoms with van der Waals surface area (Å²) in [6, 6.07) is 2.09. The second kappa shape index (κ2) is 4.80. The smallest absolute Gasteiger partial charge is 0.383 e. The molecule has 6 heteroatoms. The van der Waals surface area contributed by atoms with Gasteiger partial charge in [-0.25, -0.2) is 4.39 Å². The molecule has 1 atom stereocenters. The second-order valence-corrected chi connectivity index (χ2v) is 3.26. The molecule has 0 amide bonds. The third-order valence-electron chi connectivity index (χ3n) is 2.08. The highest BCUT2D eigenvalue weighted by atomic mass is 19.4. The Morgan fingerprint density at radius 3 is 2.50 bits per heavy atom. The molecule has 0 bridgehead atoms. The Labute approximate surface area is 90.0 Å². The number of rotatable bonds is 3. The minimum atomic E-state index is -4.76. The predicted octanol–water partition coefficient (Wildman–Crippen LogP) is 2.49. The van der Waals surface area contributed by atoms with E-state index >= 15 is 0 Å². The highest BCUT2D eigenvalue weighted by Crippen LogP contribution is 2.35. The van der Waals surface area contributed by atoms with Crippen molar-refractivity contribution in [3.05, 3.63) is 35.1 Å². The first-order valence-electron chi connectivity index (χ1n) is 4.48. The summed E-state index contributed by atoms with van der Waals surface area (Å²) in [6.07, 6.45) is -4.76. The normalized spacial score (nSPS) is 13.9. The average molecular weight is 237 g/mol. The van der Waals surface area contributed by atoms with Crippen LogP contribution in [-0.2, 0) is 10.9 Å². The average Bonchev–Trinajstić information content (AvgIpc) is 2.15. The van der Waals surface area contributed by atoms with Gasteiger partial charge in [0, 0.05) is 7.11 Å². The number of ether oxygens (including phenoxy) is 1. The van der Waals surface area contributed by atoms with Crippen molar-refractivity contribution in [2.75, 3.05) is 13.7 Å². The number of methoxy groups -OCH3 is 1. The zero-order chi connectivity index (χ0) is 12.3. The highest BCUT2D eigenvalue weighted by Gasteiger charge is 2.37. The number of nitrogens with two attached hydrogens (primary N) is 1. The van der Waals surface area contributed by atoms with Gasteiger partial charge in [0.05, 0.1) is 18.2 Å². The van der Waals surface area contributed by atoms with E-state index in [1.807, 2.05) is 0 Å². The van der Waals surface area contributed by atoms with Gasteiger partial charge in [-0.05, 0) is 11.6 Å². The van der Waals surface area contributed by atoms with Crippen LogP contribution in [0.25, 0.3) is 0 Å². The molecule has 0 saturated heterocycles. The van der Waals surface area contributed by atoms with E-state index in [1.165, 1.54) is 13.2 Å². The van der Waals surface area contributed by atoms with Crippen LogP contribution in [0.2, 0.25) is 0 Å². The van der Waals surface area contributed by atoms with Crippen LogP contribution in [0.15, 0.2) is 18.2 Å². The Kier molecular flexibility index (Phi) is 3.88. The van der Waals surface area contributed by atoms with Crippen LogP contribution in [0, 0.1) is 5.82 Å². The standard InChI is InChI=1S/C10H11F4NO/c1-16-5-8(15)6-3-2-4-7(11)9(6)10(12,13)14/h2-4,8H,5,15H2,1H3/t8-/m0/s1. The van der Waals surface area contributed by atoms with Crippen molar-refractivity contribution in [2.45, 2.75) is 12.2 Å². The first kappa shape index (κ1) is 12.9. The minimum Gasteiger partial charge on any atom is -0.383 e. The van der Waals surface area contributed by atoms with Gasteiger partial charge in [-0.2, -0.15) is 13.2 Å². The van der Waals surface area contributed by atoms with Gasteiger partial charge in [-0.1, -0.05) is 12.1 Å². The Morgan fingerprint density at radius 2 is 2.00 bits per heavy atom. The number of alkyl halides is 3. The van der Waals surface area contributed by atoms with E-state index in [0.717, 1.165) is 12.1 Å². The second-order valence-electron chi connectivity index (χ2n) is 3.26. The van der Waals surface area contributed by atoms with Gasteiger partial charge >= 0.3 is 6.18 Å². The van der Waals surface area contributed by atoms with Gasteiger partial charge in [0.15, 0.2) is 0 Å². The summed E-state index contributed by atoms with van der Waals surface area (Å²) in [5.41, 5.74) is 3.86. The fourth-order valence-corrected chi connectivity index (χ4v) is 1.42. The van der Waals surface area contributed by atoms with Crippen molar-refractivity contribution in [2.24, 2.45) is 5.73 Å². The van der Waals surface area contributed by atoms with E-state index in [2.05, 4.69) is 4.74 Å². The van der Waals surface area contributed by atoms with Crippen LogP contribution in [0.3, 0.4) is 0 Å². The SMILES string of the molecule is COC[C@H](N)c1cccc(F)c1C(F)(F)F. The summed E-state index contributed by atoms with van der Waals surface area (Å²) in [4.78, 5) is 0. The summed E-state index contributed by atoms with van der Waals surface area (Å²) in [7, 11) is 1.31. The van der Waals surface area contributed by atoms with Crippen LogP contribution >= 0.6 is 0 Å². The van der Waals surface area contributed by atoms with Gasteiger partial charge in [-0.3, -0.25) is 0 Å². The Morgan fingerprint density at radius 1 is 1.38 bits per heavy atom. The Balaban J connectivity index is 3.23. The van der Waals surface area contributed by atoms with E-state index in [9.17, 15) is 17.6 Å². The topological polar surface area (TPSA) is 35.2 Å². The molecule has 1 aromatic rings. The van der Waals surface area contributed by atoms with E-state index in [4.69, 9.17) is 5.73 Å². The van der Waals surface area contributed by atoms with Crippen LogP contribution in [0.5, 0.6) is 0 Å². The summed E-state index contributed by atoms with van der Waals surface area (Å²) < 4.78 is 55.5. The van der Waals surface area contributed by atoms with E-state index < -0.39 is 23.6 Å². The molecule has 0 aliphatic heterocycles. The number of benzene rings is 1. The first-order valence-corrected chi connectivity index (χ1v) is 4.48. The molecule has 1 rings (SSSR count). The third-order valence-corrected chi connectivity index (χ3v) is 2.08. The molecular weight excluding hydrogens is 226 g/mol. The molecule has 1 aromatic carbocycles. The maximum Gasteiger partial charge on any atom is 0.419 e. The maximum absolute atomic E-state index is 13.1. The minimum absolute atomic E-state index is 0.105. The lowest BCUT2D eigenvalue weighted by Crippen LogP contribution is -2.22. The summed E-state index contributed by atoms with van der Waals surface area (Å²) in [5, 5.41) is 0. The lowest BCUT2D eigenvalue weighted by molar-refractivity contribution is -0.140. The van der Waals surface area contributed by atoms with Crippen molar-refractivity contribution < 1.29 is 22.3 Å². The first-order chi connectivity index (χ1) is 7.38. The molecule has 0 radical (unpaired) electrons. The molecule has 0 spiro atoms. The molecule has 90 valence electrons. The molecule has 2 nitrogen and oxygen atoms in total. The number of hydrogen-bond acceptors (Lipinski definition) is 2. The van der Waals surface area contributed by atoms with Crippen LogP contribution < -0.4 is 5.73 Å². The molecule has 0 aliphatic carbocycles. The molecule has 0 heterocycles. The zero-order valence-electron chi connectivity index (χ0n) is 8.51. The van der Waals surface area contributed by atoms with Crippen LogP contribution in [0.4, 0.5) is 17.6 Å². The molecule has 0 aromatic heterocycles. The molecule has 2 N–H and O–H groups in total. The van der Waals surface area contributed by atoms with Crippen LogP contribution in [-0.4, -0.2) is 13.7 Å². The Hall–Kier alpha value is -1.14. The van der Waals surface area contributed by atoms with Gasteiger partial charge < -0.3 is 10.5 Å². The molecule has 16 heavy (non-hydrogen) atoms. The van der Waals surface area contributed by atoms with E-state index in [1.54, 1.807) is 0 Å². The van der Waals surface area contributed by atoms with Gasteiger partial charge in [0.2, 0.25) is 0 Å². The molecule has 0 aliphatic rings. The quantitative estimate of drug-likeness (QED) is 0.820. The zero-order valence-corrected chi connectivity index (χ0v) is 8.51. The molecular formula is C10H11F4NO. The largest absolute Gasteiger partial charge is 0.419 e. The number of halogens is 4. The van der Waals surface area contributed by atoms with Crippen molar-refractivity contribution in [1.82, 2.24) is 0 Å². The Bertz CT molecular complexity index is 364. The van der Waals surface area contributed by atoms with Crippen LogP contribution in [0.1, 0.15) is 17.2 Å². The van der Waals surface area contributed by atoms with E-state index in [-0.39, 0.29) is 12.2 Å². The lowest BCUT2D eigenvalue weighted by Gasteiger charge is -2.18.